The first kappa shape index (κ1) is 16.7. The highest BCUT2D eigenvalue weighted by Gasteiger charge is 2.23. The van der Waals surface area contributed by atoms with Gasteiger partial charge in [-0.25, -0.2) is 17.9 Å². The second-order valence-corrected chi connectivity index (χ2v) is 6.11. The summed E-state index contributed by atoms with van der Waals surface area (Å²) in [4.78, 5) is 10.6. The molecule has 0 aliphatic heterocycles. The number of hydrogen-bond donors (Lipinski definition) is 3. The zero-order valence-electron chi connectivity index (χ0n) is 11.3. The fourth-order valence-corrected chi connectivity index (χ4v) is 2.96. The van der Waals surface area contributed by atoms with Crippen LogP contribution in [0.5, 0.6) is 0 Å². The van der Waals surface area contributed by atoms with E-state index in [9.17, 15) is 13.2 Å². The molecule has 1 aromatic heterocycles. The summed E-state index contributed by atoms with van der Waals surface area (Å²) in [5.74, 6) is -1.65. The number of hydrogen-bond acceptors (Lipinski definition) is 5. The van der Waals surface area contributed by atoms with Crippen molar-refractivity contribution in [3.63, 3.8) is 0 Å². The van der Waals surface area contributed by atoms with Gasteiger partial charge in [-0.15, -0.1) is 0 Å². The molecule has 0 saturated carbocycles. The molecule has 1 heterocycles. The van der Waals surface area contributed by atoms with Crippen LogP contribution >= 0.6 is 0 Å². The van der Waals surface area contributed by atoms with Gasteiger partial charge in [-0.2, -0.15) is 0 Å². The molecule has 0 bridgehead atoms. The number of aryl methyl sites for hydroxylation is 1. The molecule has 0 amide bonds. The Morgan fingerprint density at radius 1 is 1.30 bits per heavy atom. The van der Waals surface area contributed by atoms with Crippen molar-refractivity contribution in [2.45, 2.75) is 37.5 Å². The Morgan fingerprint density at radius 2 is 1.95 bits per heavy atom. The van der Waals surface area contributed by atoms with Crippen LogP contribution in [0.2, 0.25) is 0 Å². The Morgan fingerprint density at radius 3 is 2.50 bits per heavy atom. The van der Waals surface area contributed by atoms with Crippen molar-refractivity contribution in [2.24, 2.45) is 0 Å². The molecule has 8 heteroatoms. The van der Waals surface area contributed by atoms with E-state index in [1.165, 1.54) is 6.92 Å². The van der Waals surface area contributed by atoms with E-state index in [1.807, 2.05) is 0 Å². The van der Waals surface area contributed by atoms with Crippen molar-refractivity contribution in [3.8, 4) is 0 Å². The van der Waals surface area contributed by atoms with Gasteiger partial charge in [0.15, 0.2) is 0 Å². The monoisotopic (exact) mass is 305 g/mol. The van der Waals surface area contributed by atoms with Gasteiger partial charge in [-0.3, -0.25) is 0 Å². The summed E-state index contributed by atoms with van der Waals surface area (Å²) in [7, 11) is -3.75. The summed E-state index contributed by atoms with van der Waals surface area (Å²) in [6.07, 6.45) is 3.01. The Hall–Kier alpha value is -1.38. The van der Waals surface area contributed by atoms with E-state index in [1.54, 1.807) is 0 Å². The third-order valence-electron chi connectivity index (χ3n) is 2.75. The van der Waals surface area contributed by atoms with Gasteiger partial charge in [0.25, 0.3) is 0 Å². The van der Waals surface area contributed by atoms with E-state index in [0.717, 1.165) is 18.9 Å². The summed E-state index contributed by atoms with van der Waals surface area (Å²) in [6.45, 7) is 1.81. The van der Waals surface area contributed by atoms with Crippen molar-refractivity contribution < 1.29 is 27.8 Å². The predicted molar refractivity (Wildman–Crippen MR) is 71.1 cm³/mol. The molecule has 1 aromatic rings. The highest BCUT2D eigenvalue weighted by atomic mass is 32.2. The van der Waals surface area contributed by atoms with E-state index in [0.29, 0.717) is 12.8 Å². The lowest BCUT2D eigenvalue weighted by atomic mass is 10.2. The molecule has 0 spiro atoms. The molecule has 0 fully saturated rings. The quantitative estimate of drug-likeness (QED) is 0.588. The third-order valence-corrected chi connectivity index (χ3v) is 4.32. The molecule has 0 aliphatic carbocycles. The van der Waals surface area contributed by atoms with Crippen molar-refractivity contribution in [1.29, 1.82) is 0 Å². The predicted octanol–water partition coefficient (Wildman–Crippen LogP) is 1.12. The average molecular weight is 305 g/mol. The maximum absolute atomic E-state index is 12.0. The molecule has 0 aromatic carbocycles. The first-order valence-corrected chi connectivity index (χ1v) is 7.81. The standard InChI is InChI=1S/C12H19NO6S/c1-9-11(8-10(19-9)12(15)16)20(17,18)13-6-4-2-3-5-7-14/h8,13-14H,2-7H2,1H3,(H,15,16). The van der Waals surface area contributed by atoms with Crippen LogP contribution in [0.1, 0.15) is 42.0 Å². The maximum atomic E-state index is 12.0. The molecular weight excluding hydrogens is 286 g/mol. The summed E-state index contributed by atoms with van der Waals surface area (Å²) >= 11 is 0. The van der Waals surface area contributed by atoms with E-state index < -0.39 is 21.8 Å². The minimum Gasteiger partial charge on any atom is -0.475 e. The fourth-order valence-electron chi connectivity index (χ4n) is 1.71. The first-order valence-electron chi connectivity index (χ1n) is 6.32. The lowest BCUT2D eigenvalue weighted by Gasteiger charge is -2.05. The Kier molecular flexibility index (Phi) is 6.18. The molecule has 3 N–H and O–H groups in total. The van der Waals surface area contributed by atoms with Crippen LogP contribution in [0.25, 0.3) is 0 Å². The lowest BCUT2D eigenvalue weighted by molar-refractivity contribution is 0.0661. The second kappa shape index (κ2) is 7.41. The van der Waals surface area contributed by atoms with Gasteiger partial charge < -0.3 is 14.6 Å². The zero-order valence-corrected chi connectivity index (χ0v) is 12.1. The number of carboxylic acid groups (broad SMARTS) is 1. The van der Waals surface area contributed by atoms with Crippen LogP contribution in [0, 0.1) is 6.92 Å². The molecule has 7 nitrogen and oxygen atoms in total. The minimum atomic E-state index is -3.75. The topological polar surface area (TPSA) is 117 Å². The molecule has 0 aliphatic rings. The second-order valence-electron chi connectivity index (χ2n) is 4.37. The van der Waals surface area contributed by atoms with Gasteiger partial charge in [0.2, 0.25) is 15.8 Å². The highest BCUT2D eigenvalue weighted by molar-refractivity contribution is 7.89. The van der Waals surface area contributed by atoms with E-state index >= 15 is 0 Å². The van der Waals surface area contributed by atoms with Crippen molar-refractivity contribution in [1.82, 2.24) is 4.72 Å². The number of sulfonamides is 1. The normalized spacial score (nSPS) is 11.7. The molecule has 0 unspecified atom stereocenters. The van der Waals surface area contributed by atoms with Crippen LogP contribution in [0.4, 0.5) is 0 Å². The van der Waals surface area contributed by atoms with E-state index in [2.05, 4.69) is 4.72 Å². The van der Waals surface area contributed by atoms with Gasteiger partial charge in [0, 0.05) is 19.2 Å². The fraction of sp³-hybridized carbons (Fsp3) is 0.583. The zero-order chi connectivity index (χ0) is 15.2. The molecule has 114 valence electrons. The largest absolute Gasteiger partial charge is 0.475 e. The van der Waals surface area contributed by atoms with Crippen LogP contribution in [0.3, 0.4) is 0 Å². The number of nitrogens with one attached hydrogen (secondary N) is 1. The van der Waals surface area contributed by atoms with E-state index in [4.69, 9.17) is 14.6 Å². The highest BCUT2D eigenvalue weighted by Crippen LogP contribution is 2.19. The van der Waals surface area contributed by atoms with Gasteiger partial charge in [-0.05, 0) is 19.8 Å². The summed E-state index contributed by atoms with van der Waals surface area (Å²) in [6, 6.07) is 1.01. The third kappa shape index (κ3) is 4.62. The number of aromatic carboxylic acids is 1. The molecule has 0 atom stereocenters. The number of furan rings is 1. The molecule has 0 radical (unpaired) electrons. The Balaban J connectivity index is 2.58. The van der Waals surface area contributed by atoms with Crippen LogP contribution in [-0.4, -0.2) is 37.8 Å². The van der Waals surface area contributed by atoms with E-state index in [-0.39, 0.29) is 23.8 Å². The Labute approximate surface area is 117 Å². The van der Waals surface area contributed by atoms with Gasteiger partial charge in [-0.1, -0.05) is 12.8 Å². The summed E-state index contributed by atoms with van der Waals surface area (Å²) in [5.41, 5.74) is 0. The van der Waals surface area contributed by atoms with Gasteiger partial charge >= 0.3 is 5.97 Å². The van der Waals surface area contributed by atoms with Crippen LogP contribution < -0.4 is 4.72 Å². The van der Waals surface area contributed by atoms with Crippen molar-refractivity contribution in [2.75, 3.05) is 13.2 Å². The molecule has 20 heavy (non-hydrogen) atoms. The number of rotatable bonds is 9. The number of carboxylic acids is 1. The number of unbranched alkanes of at least 4 members (excludes halogenated alkanes) is 3. The van der Waals surface area contributed by atoms with Gasteiger partial charge in [0.05, 0.1) is 0 Å². The average Bonchev–Trinajstić information content (AvgIpc) is 2.77. The SMILES string of the molecule is Cc1oc(C(=O)O)cc1S(=O)(=O)NCCCCCCO. The van der Waals surface area contributed by atoms with Crippen LogP contribution in [0.15, 0.2) is 15.4 Å². The van der Waals surface area contributed by atoms with Crippen molar-refractivity contribution >= 4 is 16.0 Å². The summed E-state index contributed by atoms with van der Waals surface area (Å²) < 4.78 is 31.2. The smallest absolute Gasteiger partial charge is 0.371 e. The van der Waals surface area contributed by atoms with Gasteiger partial charge in [0.1, 0.15) is 10.7 Å². The number of aliphatic hydroxyl groups is 1. The molecule has 0 saturated heterocycles. The van der Waals surface area contributed by atoms with Crippen molar-refractivity contribution in [3.05, 3.63) is 17.6 Å². The number of carbonyl (C=O) groups is 1. The maximum Gasteiger partial charge on any atom is 0.371 e. The summed E-state index contributed by atoms with van der Waals surface area (Å²) in [5, 5.41) is 17.4. The Bertz CT molecular complexity index is 548. The lowest BCUT2D eigenvalue weighted by Crippen LogP contribution is -2.25. The molecular formula is C12H19NO6S. The van der Waals surface area contributed by atoms with Crippen LogP contribution in [-0.2, 0) is 10.0 Å². The molecule has 1 rings (SSSR count). The number of aliphatic hydroxyl groups excluding tert-OH is 1. The minimum absolute atomic E-state index is 0.0511. The first-order chi connectivity index (χ1) is 9.38.